The Hall–Kier alpha value is -2.48. The quantitative estimate of drug-likeness (QED) is 0.244. The fourth-order valence-corrected chi connectivity index (χ4v) is 5.85. The van der Waals surface area contributed by atoms with Crippen molar-refractivity contribution in [3.05, 3.63) is 100 Å². The van der Waals surface area contributed by atoms with Gasteiger partial charge < -0.3 is 5.32 Å². The zero-order valence-electron chi connectivity index (χ0n) is 15.7. The maximum absolute atomic E-state index is 6.66. The van der Waals surface area contributed by atoms with Crippen LogP contribution in [0, 0.1) is 5.92 Å². The molecule has 0 fully saturated rings. The number of hydrogen-bond acceptors (Lipinski definition) is 1. The molecule has 29 heavy (non-hydrogen) atoms. The van der Waals surface area contributed by atoms with Crippen LogP contribution in [0.5, 0.6) is 0 Å². The van der Waals surface area contributed by atoms with Crippen molar-refractivity contribution in [2.45, 2.75) is 18.4 Å². The van der Waals surface area contributed by atoms with Crippen molar-refractivity contribution in [3.63, 3.8) is 0 Å². The van der Waals surface area contributed by atoms with Gasteiger partial charge in [0.2, 0.25) is 0 Å². The van der Waals surface area contributed by atoms with Gasteiger partial charge in [0.15, 0.2) is 0 Å². The molecule has 2 aliphatic rings. The maximum atomic E-state index is 6.66. The minimum Gasteiger partial charge on any atom is -0.376 e. The van der Waals surface area contributed by atoms with Crippen molar-refractivity contribution < 1.29 is 0 Å². The van der Waals surface area contributed by atoms with Gasteiger partial charge in [0.05, 0.1) is 16.8 Å². The largest absolute Gasteiger partial charge is 0.376 e. The minimum absolute atomic E-state index is 0.178. The summed E-state index contributed by atoms with van der Waals surface area (Å²) in [4.78, 5) is 0. The highest BCUT2D eigenvalue weighted by Gasteiger charge is 2.40. The summed E-state index contributed by atoms with van der Waals surface area (Å²) in [6, 6.07) is 23.8. The molecular weight excluding hydrogens is 397 g/mol. The van der Waals surface area contributed by atoms with Gasteiger partial charge in [0, 0.05) is 10.9 Å². The number of allylic oxidation sites excluding steroid dienone is 2. The molecule has 3 atom stereocenters. The third-order valence-corrected chi connectivity index (χ3v) is 7.03. The van der Waals surface area contributed by atoms with Crippen LogP contribution in [-0.4, -0.2) is 0 Å². The van der Waals surface area contributed by atoms with Crippen LogP contribution in [0.1, 0.15) is 29.5 Å². The lowest BCUT2D eigenvalue weighted by Crippen LogP contribution is -2.29. The highest BCUT2D eigenvalue weighted by Crippen LogP contribution is 2.54. The maximum Gasteiger partial charge on any atom is 0.0655 e. The molecule has 3 heteroatoms. The fraction of sp³-hybridized carbons (Fsp3) is 0.154. The Morgan fingerprint density at radius 1 is 0.828 bits per heavy atom. The molecule has 0 saturated heterocycles. The van der Waals surface area contributed by atoms with E-state index in [2.05, 4.69) is 78.1 Å². The standard InChI is InChI=1S/C26H19Cl2N/c27-17-13-22-20-10-5-11-21(20)26(29-25(22)23(28)14-17)24-18-8-3-1-6-15(18)12-16-7-2-4-9-19(16)24/h1-10,12-14,20-21,26,29H,11H2/t20-,21+,26-/m1/s1. The molecule has 0 saturated carbocycles. The third-order valence-electron chi connectivity index (χ3n) is 6.51. The van der Waals surface area contributed by atoms with Crippen LogP contribution in [0.2, 0.25) is 10.0 Å². The van der Waals surface area contributed by atoms with E-state index >= 15 is 0 Å². The Morgan fingerprint density at radius 3 is 2.24 bits per heavy atom. The predicted octanol–water partition coefficient (Wildman–Crippen LogP) is 8.13. The molecule has 0 aromatic heterocycles. The van der Waals surface area contributed by atoms with Crippen LogP contribution in [0.4, 0.5) is 5.69 Å². The van der Waals surface area contributed by atoms with Gasteiger partial charge in [-0.1, -0.05) is 83.9 Å². The van der Waals surface area contributed by atoms with Crippen molar-refractivity contribution in [3.8, 4) is 0 Å². The first-order chi connectivity index (χ1) is 14.2. The molecule has 1 nitrogen and oxygen atoms in total. The molecule has 6 rings (SSSR count). The van der Waals surface area contributed by atoms with Crippen LogP contribution < -0.4 is 5.32 Å². The molecule has 0 bridgehead atoms. The first-order valence-corrected chi connectivity index (χ1v) is 10.8. The fourth-order valence-electron chi connectivity index (χ4n) is 5.29. The molecule has 1 heterocycles. The molecular formula is C26H19Cl2N. The van der Waals surface area contributed by atoms with Crippen LogP contribution in [0.25, 0.3) is 21.5 Å². The second-order valence-electron chi connectivity index (χ2n) is 8.06. The highest BCUT2D eigenvalue weighted by atomic mass is 35.5. The Bertz CT molecular complexity index is 1250. The third kappa shape index (κ3) is 2.61. The number of nitrogens with one attached hydrogen (secondary N) is 1. The molecule has 1 aliphatic heterocycles. The molecule has 0 spiro atoms. The van der Waals surface area contributed by atoms with E-state index in [0.29, 0.717) is 21.9 Å². The van der Waals surface area contributed by atoms with Gasteiger partial charge in [0.25, 0.3) is 0 Å². The normalized spacial score (nSPS) is 22.5. The van der Waals surface area contributed by atoms with Crippen molar-refractivity contribution in [1.82, 2.24) is 0 Å². The summed E-state index contributed by atoms with van der Waals surface area (Å²) in [5.74, 6) is 0.761. The lowest BCUT2D eigenvalue weighted by molar-refractivity contribution is 0.429. The van der Waals surface area contributed by atoms with Gasteiger partial charge in [-0.25, -0.2) is 0 Å². The van der Waals surface area contributed by atoms with E-state index in [-0.39, 0.29) is 6.04 Å². The summed E-state index contributed by atoms with van der Waals surface area (Å²) < 4.78 is 0. The summed E-state index contributed by atoms with van der Waals surface area (Å²) in [7, 11) is 0. The summed E-state index contributed by atoms with van der Waals surface area (Å²) >= 11 is 13.0. The van der Waals surface area contributed by atoms with Gasteiger partial charge in [0.1, 0.15) is 0 Å². The Balaban J connectivity index is 1.65. The Kier molecular flexibility index (Phi) is 3.91. The van der Waals surface area contributed by atoms with Crippen molar-refractivity contribution in [2.75, 3.05) is 5.32 Å². The molecule has 1 N–H and O–H groups in total. The van der Waals surface area contributed by atoms with E-state index in [1.54, 1.807) is 0 Å². The molecule has 0 amide bonds. The molecule has 142 valence electrons. The number of hydrogen-bond donors (Lipinski definition) is 1. The van der Waals surface area contributed by atoms with Gasteiger partial charge in [-0.15, -0.1) is 0 Å². The molecule has 0 unspecified atom stereocenters. The first-order valence-electron chi connectivity index (χ1n) is 10.0. The van der Waals surface area contributed by atoms with Gasteiger partial charge in [-0.2, -0.15) is 0 Å². The molecule has 4 aromatic carbocycles. The van der Waals surface area contributed by atoms with Crippen molar-refractivity contribution >= 4 is 50.4 Å². The number of anilines is 1. The SMILES string of the molecule is Clc1cc(Cl)c2c(c1)[C@@H]1C=CC[C@@H]1[C@H](c1c3ccccc3cc3ccccc13)N2. The molecule has 4 aromatic rings. The minimum atomic E-state index is 0.178. The summed E-state index contributed by atoms with van der Waals surface area (Å²) in [6.07, 6.45) is 5.68. The van der Waals surface area contributed by atoms with E-state index in [9.17, 15) is 0 Å². The van der Waals surface area contributed by atoms with Crippen molar-refractivity contribution in [2.24, 2.45) is 5.92 Å². The zero-order chi connectivity index (χ0) is 19.5. The van der Waals surface area contributed by atoms with Crippen LogP contribution in [-0.2, 0) is 0 Å². The summed E-state index contributed by atoms with van der Waals surface area (Å²) in [6.45, 7) is 0. The number of benzene rings is 4. The number of fused-ring (bicyclic) bond motifs is 5. The second kappa shape index (κ2) is 6.52. The van der Waals surface area contributed by atoms with Crippen LogP contribution in [0.15, 0.2) is 78.9 Å². The van der Waals surface area contributed by atoms with E-state index in [4.69, 9.17) is 23.2 Å². The Labute approximate surface area is 179 Å². The predicted molar refractivity (Wildman–Crippen MR) is 124 cm³/mol. The van der Waals surface area contributed by atoms with Crippen molar-refractivity contribution in [1.29, 1.82) is 0 Å². The number of rotatable bonds is 1. The van der Waals surface area contributed by atoms with Crippen LogP contribution in [0.3, 0.4) is 0 Å². The highest BCUT2D eigenvalue weighted by molar-refractivity contribution is 6.36. The topological polar surface area (TPSA) is 12.0 Å². The summed E-state index contributed by atoms with van der Waals surface area (Å²) in [5.41, 5.74) is 3.60. The van der Waals surface area contributed by atoms with Crippen LogP contribution >= 0.6 is 23.2 Å². The summed E-state index contributed by atoms with van der Waals surface area (Å²) in [5, 5.41) is 10.4. The van der Waals surface area contributed by atoms with E-state index in [0.717, 1.165) is 12.1 Å². The second-order valence-corrected chi connectivity index (χ2v) is 8.90. The van der Waals surface area contributed by atoms with E-state index in [1.807, 2.05) is 6.07 Å². The zero-order valence-corrected chi connectivity index (χ0v) is 17.2. The first kappa shape index (κ1) is 17.4. The average Bonchev–Trinajstić information content (AvgIpc) is 3.22. The lowest BCUT2D eigenvalue weighted by atomic mass is 9.75. The number of halogens is 2. The van der Waals surface area contributed by atoms with E-state index in [1.165, 1.54) is 32.7 Å². The monoisotopic (exact) mass is 415 g/mol. The molecule has 1 aliphatic carbocycles. The van der Waals surface area contributed by atoms with Gasteiger partial charge in [-0.05, 0) is 63.2 Å². The average molecular weight is 416 g/mol. The lowest BCUT2D eigenvalue weighted by Gasteiger charge is -2.39. The van der Waals surface area contributed by atoms with Gasteiger partial charge in [-0.3, -0.25) is 0 Å². The van der Waals surface area contributed by atoms with E-state index < -0.39 is 0 Å². The smallest absolute Gasteiger partial charge is 0.0655 e. The molecule has 0 radical (unpaired) electrons. The Morgan fingerprint density at radius 2 is 1.52 bits per heavy atom. The van der Waals surface area contributed by atoms with Gasteiger partial charge >= 0.3 is 0 Å².